The van der Waals surface area contributed by atoms with Crippen LogP contribution in [-0.2, 0) is 19.3 Å². The molecule has 5 rings (SSSR count). The number of aromatic nitrogens is 3. The molecule has 9 heteroatoms. The van der Waals surface area contributed by atoms with Crippen molar-refractivity contribution >= 4 is 23.2 Å². The van der Waals surface area contributed by atoms with E-state index in [-0.39, 0.29) is 16.5 Å². The number of amides is 1. The summed E-state index contributed by atoms with van der Waals surface area (Å²) < 4.78 is 41.7. The van der Waals surface area contributed by atoms with Crippen LogP contribution in [0.5, 0.6) is 0 Å². The molecular weight excluding hydrogens is 441 g/mol. The van der Waals surface area contributed by atoms with Gasteiger partial charge in [0.05, 0.1) is 22.8 Å². The summed E-state index contributed by atoms with van der Waals surface area (Å²) in [6.45, 7) is 1.02. The van der Waals surface area contributed by atoms with E-state index in [1.165, 1.54) is 24.4 Å². The molecule has 0 spiro atoms. The van der Waals surface area contributed by atoms with E-state index in [2.05, 4.69) is 9.67 Å². The van der Waals surface area contributed by atoms with Crippen LogP contribution in [-0.4, -0.2) is 20.3 Å². The molecule has 162 valence electrons. The van der Waals surface area contributed by atoms with E-state index in [0.29, 0.717) is 18.8 Å². The summed E-state index contributed by atoms with van der Waals surface area (Å²) in [5.74, 6) is -0.292. The first-order valence-electron chi connectivity index (χ1n) is 9.78. The number of nitrogens with zero attached hydrogens (tertiary/aromatic N) is 4. The molecule has 0 atom stereocenters. The number of hydrogen-bond donors (Lipinski definition) is 0. The van der Waals surface area contributed by atoms with Gasteiger partial charge in [-0.05, 0) is 48.0 Å². The molecule has 32 heavy (non-hydrogen) atoms. The van der Waals surface area contributed by atoms with Gasteiger partial charge in [0.1, 0.15) is 0 Å². The van der Waals surface area contributed by atoms with Crippen LogP contribution in [0.15, 0.2) is 73.1 Å². The van der Waals surface area contributed by atoms with Crippen molar-refractivity contribution < 1.29 is 18.0 Å². The molecule has 0 saturated heterocycles. The minimum Gasteiger partial charge on any atom is -0.345 e. The largest absolute Gasteiger partial charge is 0.435 e. The summed E-state index contributed by atoms with van der Waals surface area (Å²) in [6, 6.07) is 16.9. The number of carbonyl (C=O) groups excluding carboxylic acids is 1. The molecule has 1 amide bonds. The van der Waals surface area contributed by atoms with Crippen molar-refractivity contribution in [1.29, 1.82) is 0 Å². The van der Waals surface area contributed by atoms with Gasteiger partial charge < -0.3 is 9.47 Å². The van der Waals surface area contributed by atoms with E-state index in [1.807, 2.05) is 42.6 Å². The maximum Gasteiger partial charge on any atom is 0.435 e. The Morgan fingerprint density at radius 2 is 1.78 bits per heavy atom. The highest BCUT2D eigenvalue weighted by molar-refractivity contribution is 6.34. The lowest BCUT2D eigenvalue weighted by Gasteiger charge is -2.23. The molecule has 0 fully saturated rings. The predicted octanol–water partition coefficient (Wildman–Crippen LogP) is 5.55. The van der Waals surface area contributed by atoms with E-state index in [0.717, 1.165) is 27.7 Å². The normalized spacial score (nSPS) is 13.4. The zero-order valence-electron chi connectivity index (χ0n) is 16.6. The molecule has 2 aromatic carbocycles. The number of fused-ring (bicyclic) bond motifs is 2. The number of benzene rings is 2. The van der Waals surface area contributed by atoms with Crippen molar-refractivity contribution in [3.8, 4) is 5.69 Å². The van der Waals surface area contributed by atoms with Crippen molar-refractivity contribution in [3.05, 3.63) is 101 Å². The Kier molecular flexibility index (Phi) is 4.82. The average Bonchev–Trinajstić information content (AvgIpc) is 3.39. The van der Waals surface area contributed by atoms with Gasteiger partial charge >= 0.3 is 6.18 Å². The fourth-order valence-electron chi connectivity index (χ4n) is 3.85. The van der Waals surface area contributed by atoms with Crippen molar-refractivity contribution in [2.75, 3.05) is 4.90 Å². The predicted molar refractivity (Wildman–Crippen MR) is 114 cm³/mol. The number of anilines is 1. The Labute approximate surface area is 186 Å². The molecule has 1 aliphatic heterocycles. The molecule has 0 unspecified atom stereocenters. The second kappa shape index (κ2) is 7.56. The van der Waals surface area contributed by atoms with Gasteiger partial charge in [-0.25, -0.2) is 4.68 Å². The Balaban J connectivity index is 1.50. The summed E-state index contributed by atoms with van der Waals surface area (Å²) in [5, 5.41) is 3.69. The van der Waals surface area contributed by atoms with Crippen LogP contribution in [0.3, 0.4) is 0 Å². The van der Waals surface area contributed by atoms with Crippen LogP contribution in [0.1, 0.15) is 27.3 Å². The zero-order chi connectivity index (χ0) is 22.5. The van der Waals surface area contributed by atoms with E-state index in [4.69, 9.17) is 11.6 Å². The highest BCUT2D eigenvalue weighted by Crippen LogP contribution is 2.32. The second-order valence-electron chi connectivity index (χ2n) is 7.45. The minimum absolute atomic E-state index is 0.133. The average molecular weight is 457 g/mol. The van der Waals surface area contributed by atoms with E-state index < -0.39 is 11.9 Å². The Morgan fingerprint density at radius 3 is 2.53 bits per heavy atom. The van der Waals surface area contributed by atoms with Gasteiger partial charge in [-0.15, -0.1) is 0 Å². The third-order valence-electron chi connectivity index (χ3n) is 5.44. The number of halogens is 4. The summed E-state index contributed by atoms with van der Waals surface area (Å²) in [5.41, 5.74) is 2.36. The quantitative estimate of drug-likeness (QED) is 0.396. The maximum absolute atomic E-state index is 13.5. The maximum atomic E-state index is 13.5. The van der Waals surface area contributed by atoms with Crippen molar-refractivity contribution in [2.24, 2.45) is 0 Å². The molecule has 0 radical (unpaired) electrons. The lowest BCUT2D eigenvalue weighted by atomic mass is 10.1. The molecule has 2 aromatic heterocycles. The smallest absolute Gasteiger partial charge is 0.345 e. The lowest BCUT2D eigenvalue weighted by Crippen LogP contribution is -2.30. The first kappa shape index (κ1) is 20.4. The molecule has 0 N–H and O–H groups in total. The number of rotatable bonds is 2. The number of carbonyl (C=O) groups is 1. The summed E-state index contributed by atoms with van der Waals surface area (Å²) in [6.07, 6.45) is -1.36. The third-order valence-corrected chi connectivity index (χ3v) is 5.75. The molecule has 0 saturated carbocycles. The monoisotopic (exact) mass is 456 g/mol. The molecule has 0 aliphatic carbocycles. The molecule has 3 heterocycles. The fraction of sp³-hybridized carbons (Fsp3) is 0.130. The number of hydrogen-bond acceptors (Lipinski definition) is 2. The van der Waals surface area contributed by atoms with E-state index in [1.54, 1.807) is 4.90 Å². The van der Waals surface area contributed by atoms with Gasteiger partial charge in [-0.1, -0.05) is 29.8 Å². The van der Waals surface area contributed by atoms with E-state index >= 15 is 0 Å². The fourth-order valence-corrected chi connectivity index (χ4v) is 4.11. The van der Waals surface area contributed by atoms with Crippen molar-refractivity contribution in [3.63, 3.8) is 0 Å². The standard InChI is InChI=1S/C23H16ClF3N4O/c24-19-12-16(31-11-9-21(28-31)23(25,26)27)7-8-18(19)22(32)30-14-17-5-3-10-29(17)13-15-4-1-2-6-20(15)30/h1-12H,13-14H2. The number of alkyl halides is 3. The van der Waals surface area contributed by atoms with Crippen LogP contribution in [0.25, 0.3) is 5.69 Å². The molecular formula is C23H16ClF3N4O. The van der Waals surface area contributed by atoms with Crippen LogP contribution in [0.4, 0.5) is 18.9 Å². The van der Waals surface area contributed by atoms with Gasteiger partial charge in [-0.3, -0.25) is 4.79 Å². The lowest BCUT2D eigenvalue weighted by molar-refractivity contribution is -0.141. The van der Waals surface area contributed by atoms with Crippen molar-refractivity contribution in [2.45, 2.75) is 19.3 Å². The van der Waals surface area contributed by atoms with Gasteiger partial charge in [0.25, 0.3) is 5.91 Å². The van der Waals surface area contributed by atoms with Crippen LogP contribution in [0.2, 0.25) is 5.02 Å². The summed E-state index contributed by atoms with van der Waals surface area (Å²) in [4.78, 5) is 15.2. The molecule has 5 nitrogen and oxygen atoms in total. The molecule has 4 aromatic rings. The van der Waals surface area contributed by atoms with Gasteiger partial charge in [-0.2, -0.15) is 18.3 Å². The first-order valence-corrected chi connectivity index (χ1v) is 10.2. The highest BCUT2D eigenvalue weighted by atomic mass is 35.5. The first-order chi connectivity index (χ1) is 15.3. The molecule has 1 aliphatic rings. The van der Waals surface area contributed by atoms with Crippen molar-refractivity contribution in [1.82, 2.24) is 14.3 Å². The zero-order valence-corrected chi connectivity index (χ0v) is 17.3. The number of para-hydroxylation sites is 1. The SMILES string of the molecule is O=C(c1ccc(-n2ccc(C(F)(F)F)n2)cc1Cl)N1Cc2cccn2Cc2ccccc21. The summed E-state index contributed by atoms with van der Waals surface area (Å²) >= 11 is 6.42. The topological polar surface area (TPSA) is 43.1 Å². The van der Waals surface area contributed by atoms with E-state index in [9.17, 15) is 18.0 Å². The third kappa shape index (κ3) is 3.56. The summed E-state index contributed by atoms with van der Waals surface area (Å²) in [7, 11) is 0. The van der Waals surface area contributed by atoms with Gasteiger partial charge in [0.15, 0.2) is 5.69 Å². The van der Waals surface area contributed by atoms with Crippen LogP contribution in [0, 0.1) is 0 Å². The Morgan fingerprint density at radius 1 is 0.969 bits per heavy atom. The second-order valence-corrected chi connectivity index (χ2v) is 7.86. The van der Waals surface area contributed by atoms with Crippen LogP contribution >= 0.6 is 11.6 Å². The molecule has 0 bridgehead atoms. The minimum atomic E-state index is -4.54. The Hall–Kier alpha value is -3.52. The Bertz CT molecular complexity index is 1320. The van der Waals surface area contributed by atoms with Crippen LogP contribution < -0.4 is 4.90 Å². The van der Waals surface area contributed by atoms with Gasteiger partial charge in [0, 0.05) is 30.3 Å². The van der Waals surface area contributed by atoms with Gasteiger partial charge in [0.2, 0.25) is 0 Å². The highest BCUT2D eigenvalue weighted by Gasteiger charge is 2.33.